The van der Waals surface area contributed by atoms with Gasteiger partial charge in [0.2, 0.25) is 0 Å². The molecule has 1 aliphatic heterocycles. The van der Waals surface area contributed by atoms with Gasteiger partial charge in [-0.05, 0) is 74.9 Å². The van der Waals surface area contributed by atoms with Crippen molar-refractivity contribution in [2.75, 3.05) is 12.0 Å². The highest BCUT2D eigenvalue weighted by atomic mass is 19.1. The fraction of sp³-hybridized carbons (Fsp3) is 0.143. The summed E-state index contributed by atoms with van der Waals surface area (Å²) in [4.78, 5) is 42.4. The average Bonchev–Trinajstić information content (AvgIpc) is 3.32. The van der Waals surface area contributed by atoms with Crippen molar-refractivity contribution in [2.45, 2.75) is 20.8 Å². The van der Waals surface area contributed by atoms with Crippen molar-refractivity contribution in [3.8, 4) is 11.4 Å². The molecular weight excluding hydrogens is 475 g/mol. The van der Waals surface area contributed by atoms with E-state index in [2.05, 4.69) is 5.10 Å². The van der Waals surface area contributed by atoms with Crippen LogP contribution in [-0.4, -0.2) is 28.7 Å². The number of pyridine rings is 1. The van der Waals surface area contributed by atoms with E-state index in [4.69, 9.17) is 4.74 Å². The number of carbonyl (C=O) groups excluding carboxylic acids is 2. The number of halogens is 1. The molecule has 8 nitrogen and oxygen atoms in total. The van der Waals surface area contributed by atoms with E-state index in [-0.39, 0.29) is 16.8 Å². The van der Waals surface area contributed by atoms with Gasteiger partial charge in [0, 0.05) is 17.3 Å². The molecule has 2 aromatic carbocycles. The number of nitrogens with one attached hydrogen (secondary N) is 1. The van der Waals surface area contributed by atoms with Gasteiger partial charge in [-0.1, -0.05) is 0 Å². The van der Waals surface area contributed by atoms with Crippen molar-refractivity contribution in [3.63, 3.8) is 0 Å². The minimum Gasteiger partial charge on any atom is -0.497 e. The maximum absolute atomic E-state index is 13.9. The van der Waals surface area contributed by atoms with Crippen molar-refractivity contribution in [1.29, 1.82) is 0 Å². The molecule has 0 saturated heterocycles. The number of hydrogen-bond acceptors (Lipinski definition) is 4. The summed E-state index contributed by atoms with van der Waals surface area (Å²) < 4.78 is 21.5. The van der Waals surface area contributed by atoms with Gasteiger partial charge >= 0.3 is 5.91 Å². The lowest BCUT2D eigenvalue weighted by Gasteiger charge is -2.14. The predicted molar refractivity (Wildman–Crippen MR) is 136 cm³/mol. The largest absolute Gasteiger partial charge is 0.497 e. The Bertz CT molecular complexity index is 1650. The van der Waals surface area contributed by atoms with Gasteiger partial charge in [-0.15, -0.1) is 0 Å². The number of methoxy groups -OCH3 is 1. The number of benzene rings is 2. The van der Waals surface area contributed by atoms with Crippen LogP contribution < -0.4 is 19.8 Å². The molecule has 186 valence electrons. The normalized spacial score (nSPS) is 13.6. The molecule has 1 aliphatic rings. The topological polar surface area (TPSA) is 88.3 Å². The molecule has 0 spiro atoms. The molecule has 2 aromatic heterocycles. The molecule has 0 aliphatic carbocycles. The lowest BCUT2D eigenvalue weighted by atomic mass is 10.0. The number of aromatic nitrogens is 3. The third-order valence-electron chi connectivity index (χ3n) is 6.49. The first-order chi connectivity index (χ1) is 17.7. The SMILES string of the molecule is COc1ccc(N2C(=O)C(c3c(C)[nH]n(-c4ccc(F)cc4)c3=O)=C([n+]3ccc(C)c(C)c3)C2=O)cc1. The minimum absolute atomic E-state index is 0.0197. The highest BCUT2D eigenvalue weighted by Crippen LogP contribution is 2.34. The van der Waals surface area contributed by atoms with Crippen LogP contribution in [0, 0.1) is 26.6 Å². The van der Waals surface area contributed by atoms with E-state index in [9.17, 15) is 18.8 Å². The molecule has 0 radical (unpaired) electrons. The van der Waals surface area contributed by atoms with Gasteiger partial charge in [0.25, 0.3) is 17.2 Å². The number of aromatic amines is 1. The maximum Gasteiger partial charge on any atom is 0.331 e. The van der Waals surface area contributed by atoms with Crippen LogP contribution in [-0.2, 0) is 9.59 Å². The molecular formula is C28H24FN4O4+. The number of nitrogens with zero attached hydrogens (tertiary/aromatic N) is 3. The molecule has 4 aromatic rings. The van der Waals surface area contributed by atoms with Crippen molar-refractivity contribution in [2.24, 2.45) is 0 Å². The standard InChI is InChI=1S/C28H23FN4O4/c1-16-13-14-31(15-17(16)2)25-24(26(34)32(28(25)36)20-9-11-22(37-4)12-10-20)23-18(3)30-33(27(23)35)21-7-5-19(29)6-8-21/h5-15H,1-4H3/p+1. The Morgan fingerprint density at radius 1 is 0.838 bits per heavy atom. The maximum atomic E-state index is 13.9. The number of rotatable bonds is 5. The minimum atomic E-state index is -0.624. The zero-order valence-corrected chi connectivity index (χ0v) is 20.7. The fourth-order valence-corrected chi connectivity index (χ4v) is 4.38. The van der Waals surface area contributed by atoms with E-state index >= 15 is 0 Å². The zero-order chi connectivity index (χ0) is 26.4. The van der Waals surface area contributed by atoms with Crippen molar-refractivity contribution >= 4 is 28.8 Å². The Labute approximate surface area is 211 Å². The Hall–Kier alpha value is -4.79. The second-order valence-electron chi connectivity index (χ2n) is 8.81. The number of H-pyrrole nitrogens is 1. The molecule has 37 heavy (non-hydrogen) atoms. The van der Waals surface area contributed by atoms with Gasteiger partial charge in [-0.3, -0.25) is 19.5 Å². The number of imide groups is 1. The summed E-state index contributed by atoms with van der Waals surface area (Å²) in [7, 11) is 1.52. The van der Waals surface area contributed by atoms with Gasteiger partial charge in [0.15, 0.2) is 12.4 Å². The first kappa shape index (κ1) is 23.9. The van der Waals surface area contributed by atoms with Crippen LogP contribution in [0.15, 0.2) is 71.8 Å². The zero-order valence-electron chi connectivity index (χ0n) is 20.7. The summed E-state index contributed by atoms with van der Waals surface area (Å²) in [5.74, 6) is -1.06. The van der Waals surface area contributed by atoms with E-state index in [0.717, 1.165) is 16.0 Å². The van der Waals surface area contributed by atoms with E-state index in [1.807, 2.05) is 19.9 Å². The van der Waals surface area contributed by atoms with Crippen LogP contribution >= 0.6 is 0 Å². The summed E-state index contributed by atoms with van der Waals surface area (Å²) in [5.41, 5.74) is 2.64. The smallest absolute Gasteiger partial charge is 0.331 e. The van der Waals surface area contributed by atoms with Crippen LogP contribution in [0.25, 0.3) is 17.0 Å². The van der Waals surface area contributed by atoms with Gasteiger partial charge < -0.3 is 4.74 Å². The lowest BCUT2D eigenvalue weighted by Crippen LogP contribution is -2.40. The highest BCUT2D eigenvalue weighted by Gasteiger charge is 2.48. The van der Waals surface area contributed by atoms with Gasteiger partial charge in [0.05, 0.1) is 24.0 Å². The van der Waals surface area contributed by atoms with Crippen molar-refractivity contribution < 1.29 is 23.3 Å². The third kappa shape index (κ3) is 3.94. The number of amides is 2. The van der Waals surface area contributed by atoms with Crippen LogP contribution in [0.1, 0.15) is 22.4 Å². The molecule has 5 rings (SSSR count). The molecule has 9 heteroatoms. The Morgan fingerprint density at radius 2 is 1.49 bits per heavy atom. The van der Waals surface area contributed by atoms with E-state index in [1.54, 1.807) is 48.1 Å². The summed E-state index contributed by atoms with van der Waals surface area (Å²) >= 11 is 0. The molecule has 0 bridgehead atoms. The summed E-state index contributed by atoms with van der Waals surface area (Å²) in [6.45, 7) is 5.50. The lowest BCUT2D eigenvalue weighted by molar-refractivity contribution is -0.577. The highest BCUT2D eigenvalue weighted by molar-refractivity contribution is 6.53. The summed E-state index contributed by atoms with van der Waals surface area (Å²) in [6.07, 6.45) is 3.45. The molecule has 1 N–H and O–H groups in total. The van der Waals surface area contributed by atoms with E-state index in [1.165, 1.54) is 36.1 Å². The van der Waals surface area contributed by atoms with Crippen LogP contribution in [0.3, 0.4) is 0 Å². The van der Waals surface area contributed by atoms with Gasteiger partial charge in [-0.2, -0.15) is 4.57 Å². The Morgan fingerprint density at radius 3 is 2.11 bits per heavy atom. The second kappa shape index (κ2) is 9.02. The van der Waals surface area contributed by atoms with Crippen molar-refractivity contribution in [1.82, 2.24) is 9.78 Å². The van der Waals surface area contributed by atoms with Crippen LogP contribution in [0.2, 0.25) is 0 Å². The van der Waals surface area contributed by atoms with Crippen LogP contribution in [0.4, 0.5) is 10.1 Å². The number of hydrogen-bond donors (Lipinski definition) is 1. The number of carbonyl (C=O) groups is 2. The van der Waals surface area contributed by atoms with Crippen LogP contribution in [0.5, 0.6) is 5.75 Å². The Kier molecular flexibility index (Phi) is 5.83. The molecule has 0 atom stereocenters. The second-order valence-corrected chi connectivity index (χ2v) is 8.81. The average molecular weight is 500 g/mol. The molecule has 2 amide bonds. The third-order valence-corrected chi connectivity index (χ3v) is 6.49. The summed E-state index contributed by atoms with van der Waals surface area (Å²) in [5, 5.41) is 2.96. The fourth-order valence-electron chi connectivity index (χ4n) is 4.38. The predicted octanol–water partition coefficient (Wildman–Crippen LogP) is 3.47. The monoisotopic (exact) mass is 499 g/mol. The van der Waals surface area contributed by atoms with E-state index < -0.39 is 23.2 Å². The van der Waals surface area contributed by atoms with Gasteiger partial charge in [-0.25, -0.2) is 14.0 Å². The molecule has 0 saturated carbocycles. The molecule has 0 fully saturated rings. The molecule has 0 unspecified atom stereocenters. The quantitative estimate of drug-likeness (QED) is 0.337. The first-order valence-electron chi connectivity index (χ1n) is 11.5. The first-order valence-corrected chi connectivity index (χ1v) is 11.5. The van der Waals surface area contributed by atoms with E-state index in [0.29, 0.717) is 22.8 Å². The number of anilines is 1. The molecule has 3 heterocycles. The summed E-state index contributed by atoms with van der Waals surface area (Å²) in [6, 6.07) is 13.8. The van der Waals surface area contributed by atoms with Gasteiger partial charge in [0.1, 0.15) is 17.1 Å². The number of ether oxygens (including phenoxy) is 1. The van der Waals surface area contributed by atoms with Crippen molar-refractivity contribution in [3.05, 3.63) is 106 Å². The number of aryl methyl sites for hydroxylation is 3. The Balaban J connectivity index is 1.74.